The fourth-order valence-electron chi connectivity index (χ4n) is 1.87. The van der Waals surface area contributed by atoms with Crippen LogP contribution in [0, 0.1) is 0 Å². The molecule has 0 saturated heterocycles. The molecule has 25 heavy (non-hydrogen) atoms. The molecule has 0 unspecified atom stereocenters. The van der Waals surface area contributed by atoms with Crippen molar-refractivity contribution in [1.29, 1.82) is 0 Å². The quantitative estimate of drug-likeness (QED) is 0.545. The van der Waals surface area contributed by atoms with Crippen LogP contribution in [0.4, 0.5) is 26.3 Å². The van der Waals surface area contributed by atoms with Gasteiger partial charge in [-0.15, -0.1) is 0 Å². The van der Waals surface area contributed by atoms with Crippen LogP contribution in [0.1, 0.15) is 38.5 Å². The summed E-state index contributed by atoms with van der Waals surface area (Å²) in [4.78, 5) is 17.8. The predicted octanol–water partition coefficient (Wildman–Crippen LogP) is 2.27. The number of nitrogens with one attached hydrogen (secondary N) is 1. The SMILES string of the molecule is NC1CCC(NC2CC2)CC1.O=C(O)C(F)(F)F.O=C(O)C(F)(F)F. The van der Waals surface area contributed by atoms with E-state index in [4.69, 9.17) is 25.5 Å². The summed E-state index contributed by atoms with van der Waals surface area (Å²) in [5.41, 5.74) is 5.82. The van der Waals surface area contributed by atoms with Gasteiger partial charge in [0.2, 0.25) is 0 Å². The molecule has 2 aliphatic rings. The van der Waals surface area contributed by atoms with Gasteiger partial charge in [0.15, 0.2) is 0 Å². The number of carbonyl (C=O) groups is 2. The van der Waals surface area contributed by atoms with Crippen molar-refractivity contribution >= 4 is 11.9 Å². The molecule has 148 valence electrons. The summed E-state index contributed by atoms with van der Waals surface area (Å²) in [6.07, 6.45) is -2.30. The fourth-order valence-corrected chi connectivity index (χ4v) is 1.87. The number of hydrogen-bond acceptors (Lipinski definition) is 4. The van der Waals surface area contributed by atoms with E-state index in [0.29, 0.717) is 6.04 Å². The number of rotatable bonds is 2. The average Bonchev–Trinajstić information content (AvgIpc) is 3.24. The van der Waals surface area contributed by atoms with Crippen LogP contribution in [0.5, 0.6) is 0 Å². The lowest BCUT2D eigenvalue weighted by molar-refractivity contribution is -0.193. The molecule has 0 aliphatic heterocycles. The number of nitrogens with two attached hydrogens (primary N) is 1. The molecule has 5 N–H and O–H groups in total. The molecule has 2 rings (SSSR count). The third kappa shape index (κ3) is 12.5. The van der Waals surface area contributed by atoms with Gasteiger partial charge in [0.25, 0.3) is 0 Å². The number of aliphatic carboxylic acids is 2. The number of halogens is 6. The minimum absolute atomic E-state index is 0.493. The topological polar surface area (TPSA) is 113 Å². The summed E-state index contributed by atoms with van der Waals surface area (Å²) in [5, 5.41) is 17.9. The third-order valence-corrected chi connectivity index (χ3v) is 3.31. The van der Waals surface area contributed by atoms with Crippen molar-refractivity contribution in [3.05, 3.63) is 0 Å². The zero-order chi connectivity index (χ0) is 19.8. The van der Waals surface area contributed by atoms with Gasteiger partial charge in [0.1, 0.15) is 0 Å². The van der Waals surface area contributed by atoms with Gasteiger partial charge in [-0.3, -0.25) is 0 Å². The van der Waals surface area contributed by atoms with Crippen LogP contribution in [0.15, 0.2) is 0 Å². The van der Waals surface area contributed by atoms with Gasteiger partial charge in [-0.1, -0.05) is 0 Å². The maximum Gasteiger partial charge on any atom is 0.490 e. The second kappa shape index (κ2) is 9.80. The Morgan fingerprint density at radius 2 is 1.00 bits per heavy atom. The van der Waals surface area contributed by atoms with Crippen molar-refractivity contribution in [2.45, 2.75) is 69.0 Å². The van der Waals surface area contributed by atoms with Gasteiger partial charge in [0.05, 0.1) is 0 Å². The van der Waals surface area contributed by atoms with Crippen molar-refractivity contribution in [3.8, 4) is 0 Å². The molecule has 0 bridgehead atoms. The lowest BCUT2D eigenvalue weighted by Crippen LogP contribution is -2.38. The van der Waals surface area contributed by atoms with E-state index < -0.39 is 24.3 Å². The zero-order valence-electron chi connectivity index (χ0n) is 13.0. The largest absolute Gasteiger partial charge is 0.490 e. The maximum absolute atomic E-state index is 10.6. The monoisotopic (exact) mass is 382 g/mol. The first-order valence-electron chi connectivity index (χ1n) is 7.35. The molecule has 2 fully saturated rings. The van der Waals surface area contributed by atoms with Crippen LogP contribution in [-0.4, -0.2) is 52.6 Å². The molecule has 0 atom stereocenters. The van der Waals surface area contributed by atoms with Crippen molar-refractivity contribution in [2.24, 2.45) is 5.73 Å². The van der Waals surface area contributed by atoms with Gasteiger partial charge < -0.3 is 21.3 Å². The van der Waals surface area contributed by atoms with Crippen molar-refractivity contribution in [2.75, 3.05) is 0 Å². The molecule has 12 heteroatoms. The van der Waals surface area contributed by atoms with Crippen LogP contribution < -0.4 is 11.1 Å². The van der Waals surface area contributed by atoms with Crippen LogP contribution in [-0.2, 0) is 9.59 Å². The summed E-state index contributed by atoms with van der Waals surface area (Å²) < 4.78 is 63.5. The molecule has 0 heterocycles. The standard InChI is InChI=1S/C9H18N2.2C2HF3O2/c10-7-1-3-8(4-2-7)11-9-5-6-9;2*3-2(4,5)1(6)7/h7-9,11H,1-6,10H2;2*(H,6,7). The Morgan fingerprint density at radius 3 is 1.20 bits per heavy atom. The molecule has 0 radical (unpaired) electrons. The average molecular weight is 382 g/mol. The highest BCUT2D eigenvalue weighted by atomic mass is 19.4. The van der Waals surface area contributed by atoms with Crippen LogP contribution >= 0.6 is 0 Å². The Balaban J connectivity index is 0.000000366. The molecule has 0 aromatic carbocycles. The Hall–Kier alpha value is -1.56. The Labute approximate surface area is 139 Å². The summed E-state index contributed by atoms with van der Waals surface area (Å²) in [7, 11) is 0. The number of carboxylic acid groups (broad SMARTS) is 2. The van der Waals surface area contributed by atoms with Gasteiger partial charge in [-0.2, -0.15) is 26.3 Å². The van der Waals surface area contributed by atoms with E-state index in [9.17, 15) is 26.3 Å². The minimum Gasteiger partial charge on any atom is -0.475 e. The molecule has 0 aromatic heterocycles. The molecule has 2 aliphatic carbocycles. The first kappa shape index (κ1) is 23.4. The molecule has 2 saturated carbocycles. The molecular weight excluding hydrogens is 362 g/mol. The first-order chi connectivity index (χ1) is 11.2. The highest BCUT2D eigenvalue weighted by Crippen LogP contribution is 2.24. The molecule has 0 amide bonds. The zero-order valence-corrected chi connectivity index (χ0v) is 13.0. The third-order valence-electron chi connectivity index (χ3n) is 3.31. The molecular formula is C13H20F6N2O4. The molecule has 0 spiro atoms. The Kier molecular flexibility index (Phi) is 9.19. The van der Waals surface area contributed by atoms with E-state index in [2.05, 4.69) is 5.32 Å². The normalized spacial score (nSPS) is 23.5. The smallest absolute Gasteiger partial charge is 0.475 e. The highest BCUT2D eigenvalue weighted by molar-refractivity contribution is 5.73. The van der Waals surface area contributed by atoms with Crippen molar-refractivity contribution in [1.82, 2.24) is 5.32 Å². The predicted molar refractivity (Wildman–Crippen MR) is 73.8 cm³/mol. The lowest BCUT2D eigenvalue weighted by Gasteiger charge is -2.26. The van der Waals surface area contributed by atoms with Gasteiger partial charge in [-0.25, -0.2) is 9.59 Å². The summed E-state index contributed by atoms with van der Waals surface area (Å²) in [6, 6.07) is 2.16. The number of alkyl halides is 6. The van der Waals surface area contributed by atoms with Crippen LogP contribution in [0.2, 0.25) is 0 Å². The van der Waals surface area contributed by atoms with Gasteiger partial charge >= 0.3 is 24.3 Å². The molecule has 6 nitrogen and oxygen atoms in total. The van der Waals surface area contributed by atoms with E-state index in [1.165, 1.54) is 38.5 Å². The fraction of sp³-hybridized carbons (Fsp3) is 0.846. The minimum atomic E-state index is -5.08. The van der Waals surface area contributed by atoms with Crippen molar-refractivity contribution < 1.29 is 46.1 Å². The summed E-state index contributed by atoms with van der Waals surface area (Å²) in [5.74, 6) is -5.51. The number of carboxylic acids is 2. The number of hydrogen-bond donors (Lipinski definition) is 4. The Bertz CT molecular complexity index is 405. The van der Waals surface area contributed by atoms with E-state index >= 15 is 0 Å². The lowest BCUT2D eigenvalue weighted by atomic mass is 9.92. The van der Waals surface area contributed by atoms with E-state index in [-0.39, 0.29) is 0 Å². The van der Waals surface area contributed by atoms with Crippen LogP contribution in [0.25, 0.3) is 0 Å². The Morgan fingerprint density at radius 1 is 0.760 bits per heavy atom. The first-order valence-corrected chi connectivity index (χ1v) is 7.35. The highest BCUT2D eigenvalue weighted by Gasteiger charge is 2.38. The van der Waals surface area contributed by atoms with E-state index in [1.54, 1.807) is 0 Å². The van der Waals surface area contributed by atoms with E-state index in [1.807, 2.05) is 0 Å². The molecule has 0 aromatic rings. The van der Waals surface area contributed by atoms with Gasteiger partial charge in [-0.05, 0) is 38.5 Å². The second-order valence-electron chi connectivity index (χ2n) is 5.66. The van der Waals surface area contributed by atoms with E-state index in [0.717, 1.165) is 12.1 Å². The van der Waals surface area contributed by atoms with Crippen molar-refractivity contribution in [3.63, 3.8) is 0 Å². The maximum atomic E-state index is 10.6. The van der Waals surface area contributed by atoms with Gasteiger partial charge in [0, 0.05) is 18.1 Å². The van der Waals surface area contributed by atoms with Crippen LogP contribution in [0.3, 0.4) is 0 Å². The second-order valence-corrected chi connectivity index (χ2v) is 5.66. The summed E-state index contributed by atoms with van der Waals surface area (Å²) in [6.45, 7) is 0. The summed E-state index contributed by atoms with van der Waals surface area (Å²) >= 11 is 0.